The van der Waals surface area contributed by atoms with Crippen LogP contribution in [0.25, 0.3) is 0 Å². The predicted molar refractivity (Wildman–Crippen MR) is 155 cm³/mol. The molecule has 2 amide bonds. The third-order valence-electron chi connectivity index (χ3n) is 8.41. The highest BCUT2D eigenvalue weighted by Crippen LogP contribution is 2.37. The number of carbonyl (C=O) groups excluding carboxylic acids is 2. The molecule has 2 aliphatic heterocycles. The second-order valence-electron chi connectivity index (χ2n) is 13.9. The van der Waals surface area contributed by atoms with E-state index in [1.165, 1.54) is 0 Å². The monoisotopic (exact) mass is 557 g/mol. The van der Waals surface area contributed by atoms with Crippen molar-refractivity contribution in [2.45, 2.75) is 117 Å². The van der Waals surface area contributed by atoms with Crippen LogP contribution in [0.15, 0.2) is 12.4 Å². The van der Waals surface area contributed by atoms with E-state index in [1.54, 1.807) is 0 Å². The van der Waals surface area contributed by atoms with Gasteiger partial charge in [0.2, 0.25) is 11.9 Å². The molecule has 11 heteroatoms. The third kappa shape index (κ3) is 7.27. The van der Waals surface area contributed by atoms with Gasteiger partial charge in [-0.25, -0.2) is 14.8 Å². The van der Waals surface area contributed by atoms with Gasteiger partial charge in [-0.1, -0.05) is 13.8 Å². The Morgan fingerprint density at radius 1 is 1.07 bits per heavy atom. The molecule has 1 aromatic rings. The van der Waals surface area contributed by atoms with Crippen LogP contribution in [0, 0.1) is 11.8 Å². The van der Waals surface area contributed by atoms with Gasteiger partial charge in [0, 0.05) is 43.5 Å². The zero-order chi connectivity index (χ0) is 29.5. The van der Waals surface area contributed by atoms with Crippen molar-refractivity contribution in [3.63, 3.8) is 0 Å². The molecular formula is C29H48BN5O5. The number of aromatic nitrogens is 2. The minimum Gasteiger partial charge on any atom is -0.444 e. The van der Waals surface area contributed by atoms with Crippen molar-refractivity contribution in [1.29, 1.82) is 0 Å². The summed E-state index contributed by atoms with van der Waals surface area (Å²) in [6.07, 6.45) is 7.18. The number of amides is 2. The highest BCUT2D eigenvalue weighted by Gasteiger charge is 2.52. The van der Waals surface area contributed by atoms with E-state index >= 15 is 0 Å². The molecule has 10 nitrogen and oxygen atoms in total. The first-order chi connectivity index (χ1) is 18.6. The van der Waals surface area contributed by atoms with E-state index in [9.17, 15) is 9.59 Å². The predicted octanol–water partition coefficient (Wildman–Crippen LogP) is 3.53. The Labute approximate surface area is 240 Å². The normalized spacial score (nSPS) is 21.9. The topological polar surface area (TPSA) is 106 Å². The number of hydrogen-bond acceptors (Lipinski definition) is 8. The van der Waals surface area contributed by atoms with Crippen molar-refractivity contribution in [2.75, 3.05) is 24.5 Å². The maximum Gasteiger partial charge on any atom is 0.498 e. The van der Waals surface area contributed by atoms with Gasteiger partial charge in [-0.15, -0.1) is 0 Å². The van der Waals surface area contributed by atoms with Crippen molar-refractivity contribution < 1.29 is 23.6 Å². The largest absolute Gasteiger partial charge is 0.498 e. The van der Waals surface area contributed by atoms with Crippen LogP contribution in [0.5, 0.6) is 0 Å². The maximum atomic E-state index is 13.3. The summed E-state index contributed by atoms with van der Waals surface area (Å²) in [5, 5.41) is 2.80. The highest BCUT2D eigenvalue weighted by atomic mass is 16.7. The van der Waals surface area contributed by atoms with E-state index in [-0.39, 0.29) is 11.8 Å². The summed E-state index contributed by atoms with van der Waals surface area (Å²) in [5.41, 5.74) is -0.609. The molecule has 0 spiro atoms. The lowest BCUT2D eigenvalue weighted by molar-refractivity contribution is -0.136. The highest BCUT2D eigenvalue weighted by molar-refractivity contribution is 6.61. The first-order valence-electron chi connectivity index (χ1n) is 14.8. The number of carbonyl (C=O) groups is 2. The number of rotatable bonds is 8. The molecule has 3 heterocycles. The Hall–Kier alpha value is -2.40. The van der Waals surface area contributed by atoms with Crippen LogP contribution >= 0.6 is 0 Å². The fourth-order valence-corrected chi connectivity index (χ4v) is 5.12. The third-order valence-corrected chi connectivity index (χ3v) is 8.41. The minimum absolute atomic E-state index is 0.0413. The molecule has 0 aromatic carbocycles. The molecule has 4 rings (SSSR count). The summed E-state index contributed by atoms with van der Waals surface area (Å²) < 4.78 is 17.7. The molecule has 1 saturated carbocycles. The molecule has 3 fully saturated rings. The van der Waals surface area contributed by atoms with E-state index in [1.807, 2.05) is 79.6 Å². The number of ether oxygens (including phenoxy) is 1. The van der Waals surface area contributed by atoms with Crippen molar-refractivity contribution in [1.82, 2.24) is 20.2 Å². The van der Waals surface area contributed by atoms with Gasteiger partial charge < -0.3 is 29.2 Å². The molecule has 1 aromatic heterocycles. The summed E-state index contributed by atoms with van der Waals surface area (Å²) in [4.78, 5) is 39.4. The van der Waals surface area contributed by atoms with Crippen molar-refractivity contribution in [2.24, 2.45) is 11.8 Å². The van der Waals surface area contributed by atoms with E-state index in [0.717, 1.165) is 43.6 Å². The van der Waals surface area contributed by atoms with Gasteiger partial charge in [0.05, 0.1) is 11.2 Å². The second-order valence-corrected chi connectivity index (χ2v) is 13.9. The molecule has 3 aliphatic rings. The fraction of sp³-hybridized carbons (Fsp3) is 0.793. The number of hydrogen-bond donors (Lipinski definition) is 1. The first-order valence-corrected chi connectivity index (χ1v) is 14.8. The fourth-order valence-electron chi connectivity index (χ4n) is 5.12. The average molecular weight is 558 g/mol. The van der Waals surface area contributed by atoms with Crippen LogP contribution in [0.4, 0.5) is 10.7 Å². The Morgan fingerprint density at radius 3 is 2.10 bits per heavy atom. The Balaban J connectivity index is 1.33. The zero-order valence-electron chi connectivity index (χ0n) is 25.8. The SMILES string of the molecule is CC(C)C(NC(=O)OC(C)(C)C)C(=O)N1CCC(CN(c2ncc(B3OC(C)(C)C(C)(C)O3)cn2)C2CC2)CC1. The first kappa shape index (κ1) is 30.6. The van der Waals surface area contributed by atoms with Crippen LogP contribution < -0.4 is 15.7 Å². The molecule has 1 unspecified atom stereocenters. The Kier molecular flexibility index (Phi) is 8.76. The molecule has 0 radical (unpaired) electrons. The van der Waals surface area contributed by atoms with Gasteiger partial charge in [0.25, 0.3) is 0 Å². The second kappa shape index (κ2) is 11.5. The minimum atomic E-state index is -0.615. The van der Waals surface area contributed by atoms with Crippen LogP contribution in [-0.4, -0.2) is 82.5 Å². The molecule has 0 bridgehead atoms. The van der Waals surface area contributed by atoms with Crippen LogP contribution in [0.3, 0.4) is 0 Å². The smallest absolute Gasteiger partial charge is 0.444 e. The molecule has 1 aliphatic carbocycles. The van der Waals surface area contributed by atoms with Crippen LogP contribution in [0.2, 0.25) is 0 Å². The molecule has 1 atom stereocenters. The lowest BCUT2D eigenvalue weighted by atomic mass is 9.81. The van der Waals surface area contributed by atoms with E-state index in [0.29, 0.717) is 25.0 Å². The van der Waals surface area contributed by atoms with Gasteiger partial charge in [-0.2, -0.15) is 0 Å². The maximum absolute atomic E-state index is 13.3. The standard InChI is InChI=1S/C29H48BN5O5/c1-19(2)23(33-26(37)38-27(3,4)5)24(36)34-14-12-20(13-15-34)18-35(22-10-11-22)25-31-16-21(17-32-25)30-39-28(6,7)29(8,9)40-30/h16-17,19-20,22-23H,10-15,18H2,1-9H3,(H,33,37). The van der Waals surface area contributed by atoms with Crippen molar-refractivity contribution >= 4 is 30.5 Å². The summed E-state index contributed by atoms with van der Waals surface area (Å²) in [6.45, 7) is 19.7. The van der Waals surface area contributed by atoms with Crippen LogP contribution in [0.1, 0.15) is 88.0 Å². The van der Waals surface area contributed by atoms with Crippen LogP contribution in [-0.2, 0) is 18.8 Å². The molecule has 2 saturated heterocycles. The lowest BCUT2D eigenvalue weighted by Gasteiger charge is -2.37. The van der Waals surface area contributed by atoms with Crippen molar-refractivity contribution in [3.8, 4) is 0 Å². The number of anilines is 1. The van der Waals surface area contributed by atoms with Gasteiger partial charge in [-0.05, 0) is 86.0 Å². The quantitative estimate of drug-likeness (QED) is 0.484. The number of nitrogens with zero attached hydrogens (tertiary/aromatic N) is 4. The molecule has 1 N–H and O–H groups in total. The number of alkyl carbamates (subject to hydrolysis) is 1. The Bertz CT molecular complexity index is 1030. The number of nitrogens with one attached hydrogen (secondary N) is 1. The summed E-state index contributed by atoms with van der Waals surface area (Å²) in [6, 6.07) is -0.143. The number of likely N-dealkylation sites (tertiary alicyclic amines) is 1. The van der Waals surface area contributed by atoms with Gasteiger partial charge >= 0.3 is 13.2 Å². The van der Waals surface area contributed by atoms with E-state index < -0.39 is 36.1 Å². The lowest BCUT2D eigenvalue weighted by Crippen LogP contribution is -2.54. The average Bonchev–Trinajstić information content (AvgIpc) is 3.66. The van der Waals surface area contributed by atoms with Gasteiger partial charge in [0.1, 0.15) is 11.6 Å². The summed E-state index contributed by atoms with van der Waals surface area (Å²) in [7, 11) is -0.477. The summed E-state index contributed by atoms with van der Waals surface area (Å²) in [5.74, 6) is 1.09. The molecule has 40 heavy (non-hydrogen) atoms. The molecular weight excluding hydrogens is 509 g/mol. The van der Waals surface area contributed by atoms with Crippen molar-refractivity contribution in [3.05, 3.63) is 12.4 Å². The number of piperidine rings is 1. The summed E-state index contributed by atoms with van der Waals surface area (Å²) >= 11 is 0. The molecule has 222 valence electrons. The van der Waals surface area contributed by atoms with E-state index in [4.69, 9.17) is 24.0 Å². The van der Waals surface area contributed by atoms with E-state index in [2.05, 4.69) is 10.2 Å². The Morgan fingerprint density at radius 2 is 1.62 bits per heavy atom. The van der Waals surface area contributed by atoms with Gasteiger partial charge in [-0.3, -0.25) is 4.79 Å². The zero-order valence-corrected chi connectivity index (χ0v) is 25.8. The van der Waals surface area contributed by atoms with Gasteiger partial charge in [0.15, 0.2) is 0 Å².